The molecule has 1 heterocycles. The van der Waals surface area contributed by atoms with E-state index in [1.54, 1.807) is 0 Å². The van der Waals surface area contributed by atoms with Crippen molar-refractivity contribution in [1.29, 1.82) is 0 Å². The summed E-state index contributed by atoms with van der Waals surface area (Å²) in [6.45, 7) is 0. The second kappa shape index (κ2) is 5.23. The Hall–Kier alpha value is -2.15. The number of aromatic nitrogens is 1. The van der Waals surface area contributed by atoms with Crippen molar-refractivity contribution in [2.45, 2.75) is 0 Å². The number of nitrogens with zero attached hydrogens (tertiary/aromatic N) is 1. The quantitative estimate of drug-likeness (QED) is 0.672. The molecular formula is C12H8F3N3S. The van der Waals surface area contributed by atoms with E-state index in [0.717, 1.165) is 6.07 Å². The predicted octanol–water partition coefficient (Wildman–Crippen LogP) is 2.88. The maximum Gasteiger partial charge on any atom is 0.182 e. The summed E-state index contributed by atoms with van der Waals surface area (Å²) in [5.41, 5.74) is 5.79. The summed E-state index contributed by atoms with van der Waals surface area (Å²) < 4.78 is 39.6. The number of pyridine rings is 1. The van der Waals surface area contributed by atoms with Gasteiger partial charge in [-0.15, -0.1) is 0 Å². The third-order valence-corrected chi connectivity index (χ3v) is 2.57. The van der Waals surface area contributed by atoms with E-state index in [-0.39, 0.29) is 16.4 Å². The fraction of sp³-hybridized carbons (Fsp3) is 0. The van der Waals surface area contributed by atoms with Crippen molar-refractivity contribution in [1.82, 2.24) is 4.98 Å². The Labute approximate surface area is 112 Å². The number of halogens is 3. The molecule has 2 rings (SSSR count). The minimum atomic E-state index is -1.29. The van der Waals surface area contributed by atoms with Gasteiger partial charge in [-0.1, -0.05) is 12.2 Å². The third kappa shape index (κ3) is 2.82. The van der Waals surface area contributed by atoms with Crippen molar-refractivity contribution in [3.05, 3.63) is 53.6 Å². The van der Waals surface area contributed by atoms with Gasteiger partial charge in [-0.05, 0) is 6.07 Å². The molecule has 0 saturated heterocycles. The first-order valence-electron chi connectivity index (χ1n) is 5.14. The topological polar surface area (TPSA) is 50.9 Å². The van der Waals surface area contributed by atoms with Crippen molar-refractivity contribution >= 4 is 28.6 Å². The molecule has 7 heteroatoms. The Kier molecular flexibility index (Phi) is 3.66. The van der Waals surface area contributed by atoms with Crippen LogP contribution in [0, 0.1) is 17.5 Å². The smallest absolute Gasteiger partial charge is 0.182 e. The van der Waals surface area contributed by atoms with E-state index in [0.29, 0.717) is 11.6 Å². The van der Waals surface area contributed by atoms with Crippen molar-refractivity contribution in [3.8, 4) is 0 Å². The summed E-state index contributed by atoms with van der Waals surface area (Å²) in [5.74, 6) is -3.38. The molecule has 0 saturated carbocycles. The van der Waals surface area contributed by atoms with Crippen LogP contribution in [0.15, 0.2) is 30.6 Å². The van der Waals surface area contributed by atoms with Crippen LogP contribution in [-0.2, 0) is 0 Å². The first kappa shape index (κ1) is 13.3. The lowest BCUT2D eigenvalue weighted by molar-refractivity contribution is 0.498. The number of benzene rings is 1. The molecule has 0 aliphatic carbocycles. The van der Waals surface area contributed by atoms with Crippen LogP contribution < -0.4 is 11.1 Å². The second-order valence-corrected chi connectivity index (χ2v) is 4.10. The summed E-state index contributed by atoms with van der Waals surface area (Å²) in [5, 5.41) is 2.52. The van der Waals surface area contributed by atoms with Gasteiger partial charge in [0.05, 0.1) is 17.6 Å². The number of thiocarbonyl (C=S) groups is 1. The van der Waals surface area contributed by atoms with Gasteiger partial charge >= 0.3 is 0 Å². The maximum atomic E-state index is 13.5. The monoisotopic (exact) mass is 283 g/mol. The molecule has 1 aromatic carbocycles. The number of rotatable bonds is 3. The zero-order chi connectivity index (χ0) is 14.0. The van der Waals surface area contributed by atoms with Gasteiger partial charge in [-0.3, -0.25) is 4.98 Å². The van der Waals surface area contributed by atoms with Crippen LogP contribution in [0.1, 0.15) is 5.56 Å². The largest absolute Gasteiger partial charge is 0.389 e. The van der Waals surface area contributed by atoms with Gasteiger partial charge in [0.1, 0.15) is 10.8 Å². The molecular weight excluding hydrogens is 275 g/mol. The zero-order valence-corrected chi connectivity index (χ0v) is 10.3. The third-order valence-electron chi connectivity index (χ3n) is 2.35. The number of hydrogen-bond donors (Lipinski definition) is 2. The van der Waals surface area contributed by atoms with Gasteiger partial charge in [-0.2, -0.15) is 0 Å². The van der Waals surface area contributed by atoms with Crippen LogP contribution in [0.4, 0.5) is 24.5 Å². The number of nitrogens with one attached hydrogen (secondary N) is 1. The summed E-state index contributed by atoms with van der Waals surface area (Å²) >= 11 is 4.82. The molecule has 0 fully saturated rings. The molecule has 2 aromatic rings. The number of hydrogen-bond acceptors (Lipinski definition) is 3. The second-order valence-electron chi connectivity index (χ2n) is 3.66. The van der Waals surface area contributed by atoms with Crippen LogP contribution >= 0.6 is 12.2 Å². The minimum Gasteiger partial charge on any atom is -0.389 e. The SMILES string of the molecule is NC(=S)c1ccncc1Nc1cc(F)cc(F)c1F. The van der Waals surface area contributed by atoms with Crippen LogP contribution in [-0.4, -0.2) is 9.97 Å². The Balaban J connectivity index is 2.45. The summed E-state index contributed by atoms with van der Waals surface area (Å²) in [4.78, 5) is 3.87. The Morgan fingerprint density at radius 3 is 2.63 bits per heavy atom. The molecule has 0 spiro atoms. The lowest BCUT2D eigenvalue weighted by Gasteiger charge is -2.11. The summed E-state index contributed by atoms with van der Waals surface area (Å²) in [6.07, 6.45) is 2.78. The molecule has 0 aliphatic heterocycles. The van der Waals surface area contributed by atoms with E-state index >= 15 is 0 Å². The Morgan fingerprint density at radius 2 is 1.95 bits per heavy atom. The molecule has 0 unspecified atom stereocenters. The zero-order valence-electron chi connectivity index (χ0n) is 9.45. The van der Waals surface area contributed by atoms with Gasteiger partial charge in [0, 0.05) is 23.9 Å². The van der Waals surface area contributed by atoms with E-state index in [1.807, 2.05) is 0 Å². The van der Waals surface area contributed by atoms with E-state index in [4.69, 9.17) is 18.0 Å². The molecule has 0 radical (unpaired) electrons. The van der Waals surface area contributed by atoms with Crippen molar-refractivity contribution in [2.75, 3.05) is 5.32 Å². The number of nitrogens with two attached hydrogens (primary N) is 1. The molecule has 0 bridgehead atoms. The molecule has 3 nitrogen and oxygen atoms in total. The van der Waals surface area contributed by atoms with E-state index in [9.17, 15) is 13.2 Å². The fourth-order valence-electron chi connectivity index (χ4n) is 1.50. The highest BCUT2D eigenvalue weighted by molar-refractivity contribution is 7.80. The molecule has 0 amide bonds. The molecule has 1 aromatic heterocycles. The van der Waals surface area contributed by atoms with Gasteiger partial charge in [0.25, 0.3) is 0 Å². The molecule has 0 aliphatic rings. The standard InChI is InChI=1S/C12H8F3N3S/c13-6-3-8(14)11(15)9(4-6)18-10-5-17-2-1-7(10)12(16)19/h1-5,18H,(H2,16,19). The van der Waals surface area contributed by atoms with E-state index in [2.05, 4.69) is 10.3 Å². The normalized spacial score (nSPS) is 10.3. The minimum absolute atomic E-state index is 0.0576. The molecule has 19 heavy (non-hydrogen) atoms. The molecule has 0 atom stereocenters. The highest BCUT2D eigenvalue weighted by Crippen LogP contribution is 2.25. The molecule has 3 N–H and O–H groups in total. The lowest BCUT2D eigenvalue weighted by atomic mass is 10.2. The summed E-state index contributed by atoms with van der Waals surface area (Å²) in [6, 6.07) is 2.80. The first-order chi connectivity index (χ1) is 8.99. The fourth-order valence-corrected chi connectivity index (χ4v) is 1.68. The van der Waals surface area contributed by atoms with E-state index in [1.165, 1.54) is 18.5 Å². The lowest BCUT2D eigenvalue weighted by Crippen LogP contribution is -2.12. The van der Waals surface area contributed by atoms with Crippen molar-refractivity contribution in [2.24, 2.45) is 5.73 Å². The van der Waals surface area contributed by atoms with Crippen molar-refractivity contribution in [3.63, 3.8) is 0 Å². The van der Waals surface area contributed by atoms with Gasteiger partial charge < -0.3 is 11.1 Å². The predicted molar refractivity (Wildman–Crippen MR) is 69.7 cm³/mol. The van der Waals surface area contributed by atoms with Gasteiger partial charge in [0.2, 0.25) is 0 Å². The highest BCUT2D eigenvalue weighted by atomic mass is 32.1. The summed E-state index contributed by atoms with van der Waals surface area (Å²) in [7, 11) is 0. The van der Waals surface area contributed by atoms with Gasteiger partial charge in [-0.25, -0.2) is 13.2 Å². The van der Waals surface area contributed by atoms with Gasteiger partial charge in [0.15, 0.2) is 11.6 Å². The number of anilines is 2. The van der Waals surface area contributed by atoms with Crippen molar-refractivity contribution < 1.29 is 13.2 Å². The maximum absolute atomic E-state index is 13.5. The highest BCUT2D eigenvalue weighted by Gasteiger charge is 2.13. The van der Waals surface area contributed by atoms with E-state index < -0.39 is 17.5 Å². The van der Waals surface area contributed by atoms with Crippen LogP contribution in [0.5, 0.6) is 0 Å². The van der Waals surface area contributed by atoms with Crippen LogP contribution in [0.3, 0.4) is 0 Å². The van der Waals surface area contributed by atoms with Crippen LogP contribution in [0.2, 0.25) is 0 Å². The average Bonchev–Trinajstić information content (AvgIpc) is 2.35. The average molecular weight is 283 g/mol. The molecule has 98 valence electrons. The Morgan fingerprint density at radius 1 is 1.21 bits per heavy atom. The van der Waals surface area contributed by atoms with Crippen LogP contribution in [0.25, 0.3) is 0 Å². The first-order valence-corrected chi connectivity index (χ1v) is 5.55. The Bertz CT molecular complexity index is 646.